The van der Waals surface area contributed by atoms with E-state index in [0.29, 0.717) is 0 Å². The Labute approximate surface area is 171 Å². The lowest BCUT2D eigenvalue weighted by Crippen LogP contribution is -2.45. The molecule has 4 nitrogen and oxygen atoms in total. The number of halogens is 1. The summed E-state index contributed by atoms with van der Waals surface area (Å²) in [5, 5.41) is 1.26. The largest absolute Gasteiger partial charge is 0.494 e. The van der Waals surface area contributed by atoms with Gasteiger partial charge in [0.2, 0.25) is 11.2 Å². The van der Waals surface area contributed by atoms with Gasteiger partial charge in [0.25, 0.3) is 0 Å². The maximum Gasteiger partial charge on any atom is 0.214 e. The summed E-state index contributed by atoms with van der Waals surface area (Å²) in [5.74, 6) is -0.0913. The zero-order chi connectivity index (χ0) is 20.4. The van der Waals surface area contributed by atoms with E-state index < -0.39 is 0 Å². The molecule has 0 bridgehead atoms. The molecule has 0 aliphatic carbocycles. The van der Waals surface area contributed by atoms with E-state index in [4.69, 9.17) is 4.74 Å². The summed E-state index contributed by atoms with van der Waals surface area (Å²) in [5.41, 5.74) is 4.46. The summed E-state index contributed by atoms with van der Waals surface area (Å²) in [4.78, 5) is 4.84. The molecule has 1 saturated heterocycles. The summed E-state index contributed by atoms with van der Waals surface area (Å²) in [6.45, 7) is 4.17. The highest BCUT2D eigenvalue weighted by atomic mass is 19.1. The number of benzene rings is 2. The van der Waals surface area contributed by atoms with Gasteiger partial charge in [0, 0.05) is 44.4 Å². The predicted octanol–water partition coefficient (Wildman–Crippen LogP) is 3.73. The third-order valence-corrected chi connectivity index (χ3v) is 5.68. The van der Waals surface area contributed by atoms with Crippen LogP contribution < -0.4 is 14.2 Å². The van der Waals surface area contributed by atoms with Crippen molar-refractivity contribution in [2.45, 2.75) is 0 Å². The van der Waals surface area contributed by atoms with Crippen molar-refractivity contribution >= 4 is 28.7 Å². The van der Waals surface area contributed by atoms with Gasteiger partial charge in [0.05, 0.1) is 18.2 Å². The second-order valence-electron chi connectivity index (χ2n) is 7.55. The molecule has 3 aromatic rings. The summed E-state index contributed by atoms with van der Waals surface area (Å²) in [6, 6.07) is 15.7. The van der Waals surface area contributed by atoms with Crippen molar-refractivity contribution in [1.29, 1.82) is 0 Å². The Morgan fingerprint density at radius 3 is 2.52 bits per heavy atom. The number of anilines is 1. The number of pyridine rings is 1. The van der Waals surface area contributed by atoms with Gasteiger partial charge in [0.15, 0.2) is 11.6 Å². The summed E-state index contributed by atoms with van der Waals surface area (Å²) < 4.78 is 21.0. The van der Waals surface area contributed by atoms with Gasteiger partial charge in [-0.15, -0.1) is 0 Å². The Hall–Kier alpha value is -2.92. The van der Waals surface area contributed by atoms with Crippen molar-refractivity contribution in [3.05, 3.63) is 65.6 Å². The van der Waals surface area contributed by atoms with Crippen LogP contribution >= 0.6 is 0 Å². The molecule has 150 valence electrons. The second-order valence-corrected chi connectivity index (χ2v) is 7.55. The average Bonchev–Trinajstić information content (AvgIpc) is 2.75. The highest BCUT2D eigenvalue weighted by Gasteiger charge is 2.21. The highest BCUT2D eigenvalue weighted by molar-refractivity contribution is 5.91. The third-order valence-electron chi connectivity index (χ3n) is 5.68. The van der Waals surface area contributed by atoms with E-state index >= 15 is 0 Å². The topological polar surface area (TPSA) is 19.6 Å². The number of rotatable bonds is 4. The fourth-order valence-electron chi connectivity index (χ4n) is 3.87. The van der Waals surface area contributed by atoms with Gasteiger partial charge < -0.3 is 14.5 Å². The van der Waals surface area contributed by atoms with E-state index in [1.807, 2.05) is 6.08 Å². The minimum Gasteiger partial charge on any atom is -0.494 e. The molecule has 4 rings (SSSR count). The first-order valence-electron chi connectivity index (χ1n) is 9.93. The smallest absolute Gasteiger partial charge is 0.214 e. The first-order chi connectivity index (χ1) is 14.1. The van der Waals surface area contributed by atoms with Crippen LogP contribution in [0.25, 0.3) is 23.1 Å². The van der Waals surface area contributed by atoms with Crippen molar-refractivity contribution in [2.24, 2.45) is 7.05 Å². The zero-order valence-corrected chi connectivity index (χ0v) is 17.2. The molecule has 2 aromatic carbocycles. The second kappa shape index (κ2) is 8.21. The minimum absolute atomic E-state index is 0.258. The molecule has 0 N–H and O–H groups in total. The van der Waals surface area contributed by atoms with Crippen LogP contribution in [-0.4, -0.2) is 45.2 Å². The molecule has 0 amide bonds. The van der Waals surface area contributed by atoms with Gasteiger partial charge in [-0.25, -0.2) is 4.39 Å². The predicted molar refractivity (Wildman–Crippen MR) is 117 cm³/mol. The number of piperazine rings is 1. The van der Waals surface area contributed by atoms with Gasteiger partial charge in [0.1, 0.15) is 7.05 Å². The van der Waals surface area contributed by atoms with Crippen molar-refractivity contribution in [3.63, 3.8) is 0 Å². The molecule has 0 spiro atoms. The number of likely N-dealkylation sites (N-methyl/N-ethyl adjacent to an activating group) is 1. The van der Waals surface area contributed by atoms with Crippen LogP contribution in [-0.2, 0) is 7.05 Å². The van der Waals surface area contributed by atoms with E-state index in [9.17, 15) is 4.39 Å². The SMILES string of the molecule is COc1cc(/C=C/c2cc(N3CCN(C)CC3)c3ccccc3[n+]2C)ccc1F. The lowest BCUT2D eigenvalue weighted by molar-refractivity contribution is -0.646. The van der Waals surface area contributed by atoms with Gasteiger partial charge in [-0.3, -0.25) is 0 Å². The standard InChI is InChI=1S/C24H27FN3O/c1-26-12-14-28(15-13-26)23-17-19(27(2)22-7-5-4-6-20(22)23)10-8-18-9-11-21(25)24(16-18)29-3/h4-11,16-17H,12-15H2,1-3H3/q+1/b10-8+. The van der Waals surface area contributed by atoms with Crippen LogP contribution in [0.4, 0.5) is 10.1 Å². The monoisotopic (exact) mass is 392 g/mol. The molecule has 0 saturated carbocycles. The molecule has 29 heavy (non-hydrogen) atoms. The van der Waals surface area contributed by atoms with Crippen LogP contribution in [0.1, 0.15) is 11.3 Å². The molecule has 1 aliphatic heterocycles. The molecule has 1 aliphatic rings. The number of nitrogens with zero attached hydrogens (tertiary/aromatic N) is 3. The van der Waals surface area contributed by atoms with Crippen LogP contribution in [0.15, 0.2) is 48.5 Å². The molecule has 1 aromatic heterocycles. The third kappa shape index (κ3) is 3.96. The molecule has 0 atom stereocenters. The summed E-state index contributed by atoms with van der Waals surface area (Å²) in [6.07, 6.45) is 4.08. The fourth-order valence-corrected chi connectivity index (χ4v) is 3.87. The number of aromatic nitrogens is 1. The van der Waals surface area contributed by atoms with Crippen molar-refractivity contribution in [1.82, 2.24) is 4.90 Å². The van der Waals surface area contributed by atoms with Crippen LogP contribution in [0, 0.1) is 5.82 Å². The zero-order valence-electron chi connectivity index (χ0n) is 17.2. The number of ether oxygens (including phenoxy) is 1. The van der Waals surface area contributed by atoms with Gasteiger partial charge in [-0.2, -0.15) is 4.57 Å². The normalized spacial score (nSPS) is 15.4. The first-order valence-corrected chi connectivity index (χ1v) is 9.93. The fraction of sp³-hybridized carbons (Fsp3) is 0.292. The summed E-state index contributed by atoms with van der Waals surface area (Å²) in [7, 11) is 5.74. The molecule has 2 heterocycles. The number of methoxy groups -OCH3 is 1. The van der Waals surface area contributed by atoms with Gasteiger partial charge >= 0.3 is 0 Å². The van der Waals surface area contributed by atoms with Gasteiger partial charge in [-0.05, 0) is 36.9 Å². The maximum absolute atomic E-state index is 13.7. The Kier molecular flexibility index (Phi) is 5.49. The lowest BCUT2D eigenvalue weighted by atomic mass is 10.1. The highest BCUT2D eigenvalue weighted by Crippen LogP contribution is 2.27. The van der Waals surface area contributed by atoms with Gasteiger partial charge in [-0.1, -0.05) is 18.2 Å². The Bertz CT molecular complexity index is 1060. The average molecular weight is 392 g/mol. The van der Waals surface area contributed by atoms with Crippen molar-refractivity contribution < 1.29 is 13.7 Å². The molecular formula is C24H27FN3O+. The molecule has 0 unspecified atom stereocenters. The number of para-hydroxylation sites is 1. The Morgan fingerprint density at radius 1 is 1.00 bits per heavy atom. The van der Waals surface area contributed by atoms with Crippen LogP contribution in [0.5, 0.6) is 5.75 Å². The van der Waals surface area contributed by atoms with E-state index in [-0.39, 0.29) is 11.6 Å². The number of hydrogen-bond acceptors (Lipinski definition) is 3. The molecule has 1 fully saturated rings. The minimum atomic E-state index is -0.349. The van der Waals surface area contributed by atoms with E-state index in [2.05, 4.69) is 64.9 Å². The van der Waals surface area contributed by atoms with Crippen LogP contribution in [0.2, 0.25) is 0 Å². The lowest BCUT2D eigenvalue weighted by Gasteiger charge is -2.34. The van der Waals surface area contributed by atoms with Crippen molar-refractivity contribution in [2.75, 3.05) is 45.2 Å². The Morgan fingerprint density at radius 2 is 1.76 bits per heavy atom. The molecule has 5 heteroatoms. The quantitative estimate of drug-likeness (QED) is 0.631. The maximum atomic E-state index is 13.7. The number of hydrogen-bond donors (Lipinski definition) is 0. The number of aryl methyl sites for hydroxylation is 1. The summed E-state index contributed by atoms with van der Waals surface area (Å²) >= 11 is 0. The number of fused-ring (bicyclic) bond motifs is 1. The van der Waals surface area contributed by atoms with Crippen molar-refractivity contribution in [3.8, 4) is 5.75 Å². The Balaban J connectivity index is 1.75. The van der Waals surface area contributed by atoms with E-state index in [1.165, 1.54) is 29.8 Å². The van der Waals surface area contributed by atoms with Crippen LogP contribution in [0.3, 0.4) is 0 Å². The molecular weight excluding hydrogens is 365 g/mol. The van der Waals surface area contributed by atoms with E-state index in [1.54, 1.807) is 12.1 Å². The molecule has 0 radical (unpaired) electrons. The first kappa shape index (κ1) is 19.4. The van der Waals surface area contributed by atoms with E-state index in [0.717, 1.165) is 37.4 Å².